The molecule has 1 aliphatic heterocycles. The monoisotopic (exact) mass is 343 g/mol. The fourth-order valence-electron chi connectivity index (χ4n) is 2.92. The lowest BCUT2D eigenvalue weighted by Gasteiger charge is -2.18. The normalized spacial score (nSPS) is 12.8. The van der Waals surface area contributed by atoms with Crippen molar-refractivity contribution >= 4 is 28.7 Å². The Morgan fingerprint density at radius 2 is 1.62 bits per heavy atom. The molecule has 1 aliphatic rings. The van der Waals surface area contributed by atoms with Crippen molar-refractivity contribution in [1.82, 2.24) is 0 Å². The van der Waals surface area contributed by atoms with Crippen LogP contribution < -0.4 is 5.32 Å². The van der Waals surface area contributed by atoms with Crippen molar-refractivity contribution < 1.29 is 9.72 Å². The van der Waals surface area contributed by atoms with E-state index in [2.05, 4.69) is 5.32 Å². The van der Waals surface area contributed by atoms with E-state index in [-0.39, 0.29) is 11.6 Å². The molecule has 0 atom stereocenters. The van der Waals surface area contributed by atoms with Crippen LogP contribution in [-0.4, -0.2) is 16.5 Å². The number of aliphatic imine (C=N–C) groups is 1. The van der Waals surface area contributed by atoms with Crippen molar-refractivity contribution in [1.29, 1.82) is 0 Å². The summed E-state index contributed by atoms with van der Waals surface area (Å²) in [6, 6.07) is 20.6. The lowest BCUT2D eigenvalue weighted by atomic mass is 9.98. The highest BCUT2D eigenvalue weighted by Gasteiger charge is 2.21. The molecular formula is C20H13N3O3. The fraction of sp³-hybridized carbons (Fsp3) is 0. The quantitative estimate of drug-likeness (QED) is 0.555. The summed E-state index contributed by atoms with van der Waals surface area (Å²) in [7, 11) is 0. The van der Waals surface area contributed by atoms with E-state index in [0.717, 1.165) is 0 Å². The number of nitro benzene ring substituents is 1. The van der Waals surface area contributed by atoms with E-state index in [9.17, 15) is 14.9 Å². The molecule has 0 spiro atoms. The zero-order chi connectivity index (χ0) is 18.1. The van der Waals surface area contributed by atoms with Crippen molar-refractivity contribution in [3.8, 4) is 0 Å². The first kappa shape index (κ1) is 15.7. The summed E-state index contributed by atoms with van der Waals surface area (Å²) in [5, 5.41) is 14.1. The molecule has 0 aliphatic carbocycles. The molecular weight excluding hydrogens is 330 g/mol. The smallest absolute Gasteiger partial charge is 0.270 e. The summed E-state index contributed by atoms with van der Waals surface area (Å²) in [5.74, 6) is -0.241. The number of carbonyl (C=O) groups is 1. The minimum Gasteiger partial charge on any atom is -0.321 e. The molecule has 6 nitrogen and oxygen atoms in total. The highest BCUT2D eigenvalue weighted by atomic mass is 16.6. The van der Waals surface area contributed by atoms with Gasteiger partial charge in [-0.25, -0.2) is 4.99 Å². The van der Waals surface area contributed by atoms with Crippen molar-refractivity contribution in [3.05, 3.63) is 99.6 Å². The van der Waals surface area contributed by atoms with Gasteiger partial charge in [0.2, 0.25) is 0 Å². The molecule has 126 valence electrons. The second-order valence-electron chi connectivity index (χ2n) is 5.78. The van der Waals surface area contributed by atoms with Crippen LogP contribution in [0, 0.1) is 10.1 Å². The summed E-state index contributed by atoms with van der Waals surface area (Å²) in [4.78, 5) is 28.0. The maximum absolute atomic E-state index is 12.5. The minimum absolute atomic E-state index is 0.0120. The molecule has 0 bridgehead atoms. The zero-order valence-electron chi connectivity index (χ0n) is 13.5. The van der Waals surface area contributed by atoms with Crippen LogP contribution in [-0.2, 0) is 0 Å². The van der Waals surface area contributed by atoms with Crippen LogP contribution in [0.25, 0.3) is 0 Å². The number of nitrogens with one attached hydrogen (secondary N) is 1. The summed E-state index contributed by atoms with van der Waals surface area (Å²) >= 11 is 0. The Labute approximate surface area is 149 Å². The van der Waals surface area contributed by atoms with Crippen LogP contribution in [0.15, 0.2) is 77.8 Å². The van der Waals surface area contributed by atoms with Gasteiger partial charge >= 0.3 is 0 Å². The number of nitro groups is 1. The summed E-state index contributed by atoms with van der Waals surface area (Å²) in [6.07, 6.45) is 0. The summed E-state index contributed by atoms with van der Waals surface area (Å²) in [5.41, 5.74) is 3.44. The van der Waals surface area contributed by atoms with Gasteiger partial charge in [0.1, 0.15) is 0 Å². The van der Waals surface area contributed by atoms with Gasteiger partial charge in [0.15, 0.2) is 0 Å². The number of rotatable bonds is 2. The van der Waals surface area contributed by atoms with Crippen LogP contribution in [0.1, 0.15) is 21.5 Å². The van der Waals surface area contributed by atoms with E-state index in [1.165, 1.54) is 12.1 Å². The SMILES string of the molecule is O=C1Nc2ccccc2C(c2cccc([N+](=O)[O-])c2)=Nc2ccccc21. The van der Waals surface area contributed by atoms with Gasteiger partial charge in [-0.3, -0.25) is 14.9 Å². The highest BCUT2D eigenvalue weighted by molar-refractivity contribution is 6.21. The molecule has 0 fully saturated rings. The van der Waals surface area contributed by atoms with Gasteiger partial charge in [0, 0.05) is 23.3 Å². The molecule has 3 aromatic rings. The Hall–Kier alpha value is -3.80. The van der Waals surface area contributed by atoms with Crippen molar-refractivity contribution in [2.75, 3.05) is 5.32 Å². The molecule has 1 heterocycles. The van der Waals surface area contributed by atoms with Crippen LogP contribution in [0.5, 0.6) is 0 Å². The fourth-order valence-corrected chi connectivity index (χ4v) is 2.92. The van der Waals surface area contributed by atoms with Gasteiger partial charge in [0.25, 0.3) is 11.6 Å². The number of anilines is 1. The largest absolute Gasteiger partial charge is 0.321 e. The maximum atomic E-state index is 12.5. The number of benzene rings is 3. The van der Waals surface area contributed by atoms with Crippen LogP contribution in [0.4, 0.5) is 17.1 Å². The van der Waals surface area contributed by atoms with Crippen LogP contribution >= 0.6 is 0 Å². The lowest BCUT2D eigenvalue weighted by Crippen LogP contribution is -2.18. The van der Waals surface area contributed by atoms with Crippen LogP contribution in [0.3, 0.4) is 0 Å². The van der Waals surface area contributed by atoms with E-state index in [1.807, 2.05) is 18.2 Å². The Morgan fingerprint density at radius 1 is 0.885 bits per heavy atom. The van der Waals surface area contributed by atoms with E-state index < -0.39 is 4.92 Å². The van der Waals surface area contributed by atoms with Gasteiger partial charge in [-0.2, -0.15) is 0 Å². The molecule has 0 saturated heterocycles. The lowest BCUT2D eigenvalue weighted by molar-refractivity contribution is -0.384. The average Bonchev–Trinajstić information content (AvgIpc) is 2.66. The first-order chi connectivity index (χ1) is 12.6. The number of carbonyl (C=O) groups excluding carboxylic acids is 1. The van der Waals surface area contributed by atoms with Gasteiger partial charge in [-0.15, -0.1) is 0 Å². The third-order valence-electron chi connectivity index (χ3n) is 4.14. The summed E-state index contributed by atoms with van der Waals surface area (Å²) < 4.78 is 0. The number of fused-ring (bicyclic) bond motifs is 2. The van der Waals surface area contributed by atoms with Crippen molar-refractivity contribution in [2.24, 2.45) is 4.99 Å². The average molecular weight is 343 g/mol. The number of nitrogens with zero attached hydrogens (tertiary/aromatic N) is 2. The molecule has 6 heteroatoms. The van der Waals surface area contributed by atoms with Crippen molar-refractivity contribution in [2.45, 2.75) is 0 Å². The standard InChI is InChI=1S/C20H13N3O3/c24-20-16-9-2-4-11-18(16)21-19(15-8-1-3-10-17(15)22-20)13-6-5-7-14(12-13)23(25)26/h1-12H,(H,22,24). The van der Waals surface area contributed by atoms with Gasteiger partial charge in [0.05, 0.1) is 27.6 Å². The maximum Gasteiger partial charge on any atom is 0.270 e. The van der Waals surface area contributed by atoms with Crippen LogP contribution in [0.2, 0.25) is 0 Å². The molecule has 1 N–H and O–H groups in total. The molecule has 4 rings (SSSR count). The molecule has 1 amide bonds. The van der Waals surface area contributed by atoms with Gasteiger partial charge in [-0.1, -0.05) is 42.5 Å². The van der Waals surface area contributed by atoms with Gasteiger partial charge in [-0.05, 0) is 18.2 Å². The Morgan fingerprint density at radius 3 is 2.42 bits per heavy atom. The predicted octanol–water partition coefficient (Wildman–Crippen LogP) is 4.33. The predicted molar refractivity (Wildman–Crippen MR) is 99.2 cm³/mol. The summed E-state index contributed by atoms with van der Waals surface area (Å²) in [6.45, 7) is 0. The Balaban J connectivity index is 2.00. The third kappa shape index (κ3) is 2.73. The molecule has 26 heavy (non-hydrogen) atoms. The minimum atomic E-state index is -0.436. The second kappa shape index (κ2) is 6.25. The highest BCUT2D eigenvalue weighted by Crippen LogP contribution is 2.30. The molecule has 0 saturated carbocycles. The number of hydrogen-bond donors (Lipinski definition) is 1. The Kier molecular flexibility index (Phi) is 3.78. The second-order valence-corrected chi connectivity index (χ2v) is 5.78. The molecule has 0 radical (unpaired) electrons. The number of amides is 1. The number of para-hydroxylation sites is 2. The Bertz CT molecular complexity index is 1070. The molecule has 3 aromatic carbocycles. The van der Waals surface area contributed by atoms with Crippen molar-refractivity contribution in [3.63, 3.8) is 0 Å². The van der Waals surface area contributed by atoms with E-state index in [4.69, 9.17) is 4.99 Å². The van der Waals surface area contributed by atoms with E-state index >= 15 is 0 Å². The first-order valence-electron chi connectivity index (χ1n) is 7.97. The third-order valence-corrected chi connectivity index (χ3v) is 4.14. The topological polar surface area (TPSA) is 84.6 Å². The first-order valence-corrected chi connectivity index (χ1v) is 7.97. The molecule has 0 unspecified atom stereocenters. The molecule has 0 aromatic heterocycles. The van der Waals surface area contributed by atoms with E-state index in [1.54, 1.807) is 42.5 Å². The number of hydrogen-bond acceptors (Lipinski definition) is 4. The number of non-ortho nitro benzene ring substituents is 1. The van der Waals surface area contributed by atoms with Gasteiger partial charge < -0.3 is 5.32 Å². The van der Waals surface area contributed by atoms with E-state index in [0.29, 0.717) is 33.8 Å². The zero-order valence-corrected chi connectivity index (χ0v) is 13.5.